The molecule has 0 fully saturated rings. The molecule has 10 rings (SSSR count). The van der Waals surface area contributed by atoms with Crippen LogP contribution in [0.5, 0.6) is 0 Å². The minimum absolute atomic E-state index is 0.366. The molecule has 3 aromatic heterocycles. The Hall–Kier alpha value is -7.73. The number of pyridine rings is 1. The third-order valence-electron chi connectivity index (χ3n) is 10.4. The molecule has 250 valence electrons. The van der Waals surface area contributed by atoms with Crippen LogP contribution >= 0.6 is 0 Å². The van der Waals surface area contributed by atoms with Gasteiger partial charge in [-0.25, -0.2) is 4.98 Å². The summed E-state index contributed by atoms with van der Waals surface area (Å²) in [5.74, 6) is 0. The van der Waals surface area contributed by atoms with Crippen molar-refractivity contribution < 1.29 is 0 Å². The molecule has 0 saturated carbocycles. The second-order valence-electron chi connectivity index (χ2n) is 13.3. The fourth-order valence-electron chi connectivity index (χ4n) is 8.13. The number of para-hydroxylation sites is 3. The number of aromatic nitrogens is 3. The molecule has 0 bridgehead atoms. The Balaban J connectivity index is 1.40. The Morgan fingerprint density at radius 2 is 0.907 bits per heavy atom. The van der Waals surface area contributed by atoms with E-state index in [0.29, 0.717) is 28.1 Å². The maximum atomic E-state index is 11.0. The summed E-state index contributed by atoms with van der Waals surface area (Å²) >= 11 is 0. The van der Waals surface area contributed by atoms with Gasteiger partial charge in [0.1, 0.15) is 12.1 Å². The van der Waals surface area contributed by atoms with Crippen LogP contribution < -0.4 is 0 Å². The summed E-state index contributed by atoms with van der Waals surface area (Å²) in [6, 6.07) is 64.8. The number of nitrogens with zero attached hydrogens (tertiary/aromatic N) is 5. The van der Waals surface area contributed by atoms with Gasteiger partial charge in [-0.3, -0.25) is 0 Å². The lowest BCUT2D eigenvalue weighted by Gasteiger charge is -2.16. The van der Waals surface area contributed by atoms with E-state index < -0.39 is 0 Å². The molecule has 5 heteroatoms. The van der Waals surface area contributed by atoms with Crippen LogP contribution in [0.4, 0.5) is 0 Å². The first-order valence-corrected chi connectivity index (χ1v) is 17.9. The van der Waals surface area contributed by atoms with Crippen molar-refractivity contribution in [3.8, 4) is 57.2 Å². The fourth-order valence-corrected chi connectivity index (χ4v) is 8.13. The third-order valence-corrected chi connectivity index (χ3v) is 10.4. The molecule has 54 heavy (non-hydrogen) atoms. The Morgan fingerprint density at radius 3 is 1.56 bits per heavy atom. The minimum Gasteiger partial charge on any atom is -0.309 e. The standard InChI is InChI=1S/C49H29N5/c50-30-40-46(32-16-5-1-6-17-32)41(31-51)49(52-48(40)33-18-7-2-8-19-33)37-25-15-27-43-47(37)39-29-44-38(28-45(39)54(43)35-22-11-4-12-23-35)36-24-13-14-26-42(36)53(44)34-20-9-3-10-21-34/h1-29H. The van der Waals surface area contributed by atoms with Gasteiger partial charge in [0.15, 0.2) is 0 Å². The second kappa shape index (κ2) is 12.5. The van der Waals surface area contributed by atoms with Gasteiger partial charge in [-0.15, -0.1) is 0 Å². The van der Waals surface area contributed by atoms with Crippen LogP contribution in [-0.2, 0) is 0 Å². The number of benzene rings is 7. The first-order chi connectivity index (χ1) is 26.7. The summed E-state index contributed by atoms with van der Waals surface area (Å²) in [5.41, 5.74) is 11.2. The monoisotopic (exact) mass is 687 g/mol. The van der Waals surface area contributed by atoms with Crippen molar-refractivity contribution in [2.75, 3.05) is 0 Å². The molecule has 0 atom stereocenters. The number of hydrogen-bond acceptors (Lipinski definition) is 3. The molecule has 7 aromatic carbocycles. The molecule has 0 saturated heterocycles. The third kappa shape index (κ3) is 4.67. The van der Waals surface area contributed by atoms with E-state index in [4.69, 9.17) is 4.98 Å². The normalized spacial score (nSPS) is 11.3. The predicted molar refractivity (Wildman–Crippen MR) is 219 cm³/mol. The first-order valence-electron chi connectivity index (χ1n) is 17.9. The molecule has 0 aliphatic heterocycles. The number of fused-ring (bicyclic) bond motifs is 6. The summed E-state index contributed by atoms with van der Waals surface area (Å²) in [6.45, 7) is 0. The van der Waals surface area contributed by atoms with Gasteiger partial charge >= 0.3 is 0 Å². The van der Waals surface area contributed by atoms with Crippen molar-refractivity contribution in [3.63, 3.8) is 0 Å². The topological polar surface area (TPSA) is 70.3 Å². The maximum Gasteiger partial charge on any atom is 0.102 e. The highest BCUT2D eigenvalue weighted by Gasteiger charge is 2.26. The van der Waals surface area contributed by atoms with E-state index >= 15 is 0 Å². The van der Waals surface area contributed by atoms with Gasteiger partial charge < -0.3 is 9.13 Å². The van der Waals surface area contributed by atoms with Crippen LogP contribution in [-0.4, -0.2) is 14.1 Å². The van der Waals surface area contributed by atoms with Gasteiger partial charge in [-0.1, -0.05) is 127 Å². The van der Waals surface area contributed by atoms with Crippen molar-refractivity contribution in [2.24, 2.45) is 0 Å². The second-order valence-corrected chi connectivity index (χ2v) is 13.3. The van der Waals surface area contributed by atoms with Crippen LogP contribution in [0.1, 0.15) is 11.1 Å². The number of hydrogen-bond donors (Lipinski definition) is 0. The van der Waals surface area contributed by atoms with Crippen molar-refractivity contribution in [3.05, 3.63) is 187 Å². The molecule has 10 aromatic rings. The highest BCUT2D eigenvalue weighted by Crippen LogP contribution is 2.45. The van der Waals surface area contributed by atoms with Gasteiger partial charge in [-0.05, 0) is 54.1 Å². The van der Waals surface area contributed by atoms with E-state index in [1.807, 2.05) is 78.9 Å². The first kappa shape index (κ1) is 31.0. The summed E-state index contributed by atoms with van der Waals surface area (Å²) in [6.07, 6.45) is 0. The highest BCUT2D eigenvalue weighted by atomic mass is 15.0. The molecule has 5 nitrogen and oxygen atoms in total. The van der Waals surface area contributed by atoms with Crippen molar-refractivity contribution in [1.29, 1.82) is 10.5 Å². The molecular weight excluding hydrogens is 659 g/mol. The van der Waals surface area contributed by atoms with Gasteiger partial charge in [0.25, 0.3) is 0 Å². The van der Waals surface area contributed by atoms with Crippen LogP contribution in [0.15, 0.2) is 176 Å². The Bertz CT molecular complexity index is 3150. The summed E-state index contributed by atoms with van der Waals surface area (Å²) in [7, 11) is 0. The fraction of sp³-hybridized carbons (Fsp3) is 0. The summed E-state index contributed by atoms with van der Waals surface area (Å²) in [4.78, 5) is 5.28. The lowest BCUT2D eigenvalue weighted by Crippen LogP contribution is -2.02. The summed E-state index contributed by atoms with van der Waals surface area (Å²) < 4.78 is 4.65. The highest BCUT2D eigenvalue weighted by molar-refractivity contribution is 6.22. The number of rotatable bonds is 5. The molecular formula is C49H29N5. The lowest BCUT2D eigenvalue weighted by molar-refractivity contribution is 1.17. The molecule has 3 heterocycles. The maximum absolute atomic E-state index is 11.0. The van der Waals surface area contributed by atoms with Crippen molar-refractivity contribution in [1.82, 2.24) is 14.1 Å². The minimum atomic E-state index is 0.366. The molecule has 0 spiro atoms. The SMILES string of the molecule is N#Cc1c(-c2ccccc2)nc(-c2cccc3c2c2cc4c(cc2n3-c2ccccc2)c2ccccc2n4-c2ccccc2)c(C#N)c1-c1ccccc1. The largest absolute Gasteiger partial charge is 0.309 e. The zero-order valence-electron chi connectivity index (χ0n) is 29.0. The quantitative estimate of drug-likeness (QED) is 0.181. The van der Waals surface area contributed by atoms with Crippen LogP contribution in [0.3, 0.4) is 0 Å². The zero-order valence-corrected chi connectivity index (χ0v) is 29.0. The Kier molecular flexibility index (Phi) is 7.18. The van der Waals surface area contributed by atoms with Crippen LogP contribution in [0, 0.1) is 22.7 Å². The van der Waals surface area contributed by atoms with Crippen LogP contribution in [0.25, 0.3) is 88.6 Å². The van der Waals surface area contributed by atoms with E-state index in [2.05, 4.69) is 118 Å². The van der Waals surface area contributed by atoms with E-state index in [0.717, 1.165) is 66.3 Å². The predicted octanol–water partition coefficient (Wildman–Crippen LogP) is 12.0. The van der Waals surface area contributed by atoms with Crippen molar-refractivity contribution in [2.45, 2.75) is 0 Å². The van der Waals surface area contributed by atoms with Gasteiger partial charge in [0.2, 0.25) is 0 Å². The van der Waals surface area contributed by atoms with Gasteiger partial charge in [0, 0.05) is 49.6 Å². The van der Waals surface area contributed by atoms with E-state index in [-0.39, 0.29) is 0 Å². The zero-order chi connectivity index (χ0) is 36.2. The molecule has 0 unspecified atom stereocenters. The smallest absolute Gasteiger partial charge is 0.102 e. The molecule has 0 N–H and O–H groups in total. The average molecular weight is 688 g/mol. The van der Waals surface area contributed by atoms with Crippen LogP contribution in [0.2, 0.25) is 0 Å². The van der Waals surface area contributed by atoms with E-state index in [1.165, 1.54) is 5.39 Å². The Labute approximate surface area is 311 Å². The van der Waals surface area contributed by atoms with Gasteiger partial charge in [0.05, 0.1) is 44.6 Å². The van der Waals surface area contributed by atoms with E-state index in [9.17, 15) is 10.5 Å². The number of nitriles is 2. The molecule has 0 aliphatic carbocycles. The van der Waals surface area contributed by atoms with Gasteiger partial charge in [-0.2, -0.15) is 10.5 Å². The molecule has 0 radical (unpaired) electrons. The molecule has 0 amide bonds. The van der Waals surface area contributed by atoms with E-state index in [1.54, 1.807) is 0 Å². The summed E-state index contributed by atoms with van der Waals surface area (Å²) in [5, 5.41) is 26.1. The Morgan fingerprint density at radius 1 is 0.407 bits per heavy atom. The van der Waals surface area contributed by atoms with Crippen molar-refractivity contribution >= 4 is 43.6 Å². The average Bonchev–Trinajstić information content (AvgIpc) is 3.75. The lowest BCUT2D eigenvalue weighted by atomic mass is 9.89. The molecule has 0 aliphatic rings.